The molecule has 1 amide bonds. The van der Waals surface area contributed by atoms with Crippen LogP contribution in [0.15, 0.2) is 10.6 Å². The number of methoxy groups -OCH3 is 1. The molecule has 20 heavy (non-hydrogen) atoms. The molecule has 1 saturated heterocycles. The molecule has 7 heteroatoms. The summed E-state index contributed by atoms with van der Waals surface area (Å²) in [5.41, 5.74) is 0.827. The fourth-order valence-corrected chi connectivity index (χ4v) is 2.33. The van der Waals surface area contributed by atoms with E-state index in [9.17, 15) is 4.79 Å². The Bertz CT molecular complexity index is 435. The van der Waals surface area contributed by atoms with Crippen molar-refractivity contribution in [1.82, 2.24) is 20.7 Å². The monoisotopic (exact) mass is 282 g/mol. The van der Waals surface area contributed by atoms with Crippen molar-refractivity contribution in [2.45, 2.75) is 26.1 Å². The Morgan fingerprint density at radius 3 is 3.30 bits per heavy atom. The molecule has 1 aliphatic heterocycles. The molecule has 0 spiro atoms. The van der Waals surface area contributed by atoms with Crippen molar-refractivity contribution in [1.29, 1.82) is 0 Å². The first kappa shape index (κ1) is 15.0. The number of aromatic nitrogens is 1. The summed E-state index contributed by atoms with van der Waals surface area (Å²) in [6, 6.07) is 1.71. The zero-order valence-corrected chi connectivity index (χ0v) is 12.0. The van der Waals surface area contributed by atoms with E-state index in [1.54, 1.807) is 7.11 Å². The third kappa shape index (κ3) is 3.78. The van der Waals surface area contributed by atoms with E-state index in [0.29, 0.717) is 32.0 Å². The largest absolute Gasteiger partial charge is 0.377 e. The fourth-order valence-electron chi connectivity index (χ4n) is 2.33. The lowest BCUT2D eigenvalue weighted by Gasteiger charge is -2.34. The first-order chi connectivity index (χ1) is 9.74. The van der Waals surface area contributed by atoms with E-state index >= 15 is 0 Å². The van der Waals surface area contributed by atoms with Crippen LogP contribution in [0.3, 0.4) is 0 Å². The van der Waals surface area contributed by atoms with Crippen LogP contribution < -0.4 is 10.6 Å². The van der Waals surface area contributed by atoms with E-state index in [0.717, 1.165) is 18.8 Å². The van der Waals surface area contributed by atoms with Gasteiger partial charge in [0.05, 0.1) is 5.69 Å². The number of amides is 1. The van der Waals surface area contributed by atoms with E-state index in [-0.39, 0.29) is 11.9 Å². The van der Waals surface area contributed by atoms with E-state index < -0.39 is 0 Å². The van der Waals surface area contributed by atoms with Gasteiger partial charge in [0, 0.05) is 45.9 Å². The van der Waals surface area contributed by atoms with Gasteiger partial charge >= 0.3 is 0 Å². The summed E-state index contributed by atoms with van der Waals surface area (Å²) in [5.74, 6) is 0.757. The fraction of sp³-hybridized carbons (Fsp3) is 0.692. The Morgan fingerprint density at radius 1 is 1.70 bits per heavy atom. The van der Waals surface area contributed by atoms with Crippen LogP contribution in [0.4, 0.5) is 0 Å². The SMILES string of the molecule is CCNC(=O)C1CNCCN1Cc1cc(COC)on1. The molecule has 1 unspecified atom stereocenters. The van der Waals surface area contributed by atoms with Gasteiger partial charge in [-0.05, 0) is 6.92 Å². The Balaban J connectivity index is 1.98. The number of hydrogen-bond acceptors (Lipinski definition) is 6. The molecule has 1 fully saturated rings. The molecule has 2 heterocycles. The molecule has 2 rings (SSSR count). The number of rotatable bonds is 6. The van der Waals surface area contributed by atoms with Gasteiger partial charge in [-0.25, -0.2) is 0 Å². The molecular formula is C13H22N4O3. The summed E-state index contributed by atoms with van der Waals surface area (Å²) in [6.45, 7) is 5.94. The number of likely N-dealkylation sites (N-methyl/N-ethyl adjacent to an activating group) is 1. The van der Waals surface area contributed by atoms with Crippen LogP contribution in [-0.4, -0.2) is 55.3 Å². The number of ether oxygens (including phenoxy) is 1. The minimum absolute atomic E-state index is 0.0558. The van der Waals surface area contributed by atoms with Crippen LogP contribution in [0, 0.1) is 0 Å². The van der Waals surface area contributed by atoms with E-state index in [1.165, 1.54) is 0 Å². The lowest BCUT2D eigenvalue weighted by Crippen LogP contribution is -2.57. The molecular weight excluding hydrogens is 260 g/mol. The zero-order chi connectivity index (χ0) is 14.4. The summed E-state index contributed by atoms with van der Waals surface area (Å²) in [4.78, 5) is 14.2. The van der Waals surface area contributed by atoms with Gasteiger partial charge in [-0.3, -0.25) is 9.69 Å². The van der Waals surface area contributed by atoms with Gasteiger partial charge in [0.25, 0.3) is 0 Å². The molecule has 1 aromatic heterocycles. The van der Waals surface area contributed by atoms with Crippen molar-refractivity contribution in [2.75, 3.05) is 33.3 Å². The molecule has 7 nitrogen and oxygen atoms in total. The van der Waals surface area contributed by atoms with Crippen LogP contribution >= 0.6 is 0 Å². The van der Waals surface area contributed by atoms with Crippen molar-refractivity contribution in [3.8, 4) is 0 Å². The molecule has 2 N–H and O–H groups in total. The summed E-state index contributed by atoms with van der Waals surface area (Å²) in [7, 11) is 1.61. The molecule has 0 saturated carbocycles. The first-order valence-corrected chi connectivity index (χ1v) is 6.90. The number of carbonyl (C=O) groups excluding carboxylic acids is 1. The molecule has 0 aromatic carbocycles. The normalized spacial score (nSPS) is 20.0. The van der Waals surface area contributed by atoms with Crippen LogP contribution in [0.25, 0.3) is 0 Å². The lowest BCUT2D eigenvalue weighted by atomic mass is 10.1. The number of nitrogens with zero attached hydrogens (tertiary/aromatic N) is 2. The van der Waals surface area contributed by atoms with Gasteiger partial charge in [0.1, 0.15) is 12.6 Å². The summed E-state index contributed by atoms with van der Waals surface area (Å²) >= 11 is 0. The van der Waals surface area contributed by atoms with Crippen LogP contribution in [0.1, 0.15) is 18.4 Å². The first-order valence-electron chi connectivity index (χ1n) is 6.90. The van der Waals surface area contributed by atoms with Crippen LogP contribution in [0.5, 0.6) is 0 Å². The van der Waals surface area contributed by atoms with Crippen molar-refractivity contribution in [3.05, 3.63) is 17.5 Å². The molecule has 1 aromatic rings. The van der Waals surface area contributed by atoms with Gasteiger partial charge in [-0.2, -0.15) is 0 Å². The summed E-state index contributed by atoms with van der Waals surface area (Å²) in [5, 5.41) is 10.1. The topological polar surface area (TPSA) is 79.6 Å². The highest BCUT2D eigenvalue weighted by atomic mass is 16.5. The average Bonchev–Trinajstić information content (AvgIpc) is 2.87. The maximum Gasteiger partial charge on any atom is 0.238 e. The molecule has 0 aliphatic carbocycles. The third-order valence-corrected chi connectivity index (χ3v) is 3.27. The van der Waals surface area contributed by atoms with Crippen LogP contribution in [-0.2, 0) is 22.7 Å². The van der Waals surface area contributed by atoms with Gasteiger partial charge in [-0.15, -0.1) is 0 Å². The third-order valence-electron chi connectivity index (χ3n) is 3.27. The van der Waals surface area contributed by atoms with E-state index in [2.05, 4.69) is 20.7 Å². The van der Waals surface area contributed by atoms with Crippen molar-refractivity contribution < 1.29 is 14.1 Å². The van der Waals surface area contributed by atoms with Crippen molar-refractivity contribution in [3.63, 3.8) is 0 Å². The van der Waals surface area contributed by atoms with E-state index in [1.807, 2.05) is 13.0 Å². The molecule has 112 valence electrons. The van der Waals surface area contributed by atoms with Gasteiger partial charge in [0.2, 0.25) is 5.91 Å². The second kappa shape index (κ2) is 7.37. The average molecular weight is 282 g/mol. The van der Waals surface area contributed by atoms with Crippen LogP contribution in [0.2, 0.25) is 0 Å². The predicted molar refractivity (Wildman–Crippen MR) is 73.0 cm³/mol. The molecule has 1 atom stereocenters. The highest BCUT2D eigenvalue weighted by molar-refractivity contribution is 5.82. The number of piperazine rings is 1. The Labute approximate surface area is 118 Å². The lowest BCUT2D eigenvalue weighted by molar-refractivity contribution is -0.127. The Morgan fingerprint density at radius 2 is 2.55 bits per heavy atom. The minimum Gasteiger partial charge on any atom is -0.377 e. The quantitative estimate of drug-likeness (QED) is 0.748. The molecule has 0 radical (unpaired) electrons. The number of carbonyl (C=O) groups is 1. The molecule has 1 aliphatic rings. The Kier molecular flexibility index (Phi) is 5.51. The smallest absolute Gasteiger partial charge is 0.238 e. The van der Waals surface area contributed by atoms with E-state index in [4.69, 9.17) is 9.26 Å². The number of hydrogen-bond donors (Lipinski definition) is 2. The second-order valence-corrected chi connectivity index (χ2v) is 4.80. The van der Waals surface area contributed by atoms with Gasteiger partial charge in [-0.1, -0.05) is 5.16 Å². The van der Waals surface area contributed by atoms with Gasteiger partial charge < -0.3 is 19.9 Å². The second-order valence-electron chi connectivity index (χ2n) is 4.80. The highest BCUT2D eigenvalue weighted by Crippen LogP contribution is 2.12. The Hall–Kier alpha value is -1.44. The molecule has 0 bridgehead atoms. The summed E-state index contributed by atoms with van der Waals surface area (Å²) in [6.07, 6.45) is 0. The number of nitrogens with one attached hydrogen (secondary N) is 2. The maximum atomic E-state index is 12.0. The van der Waals surface area contributed by atoms with Crippen molar-refractivity contribution >= 4 is 5.91 Å². The standard InChI is InChI=1S/C13H22N4O3/c1-3-15-13(18)12-7-14-4-5-17(12)8-10-6-11(9-19-2)20-16-10/h6,12,14H,3-5,7-9H2,1-2H3,(H,15,18). The summed E-state index contributed by atoms with van der Waals surface area (Å²) < 4.78 is 10.2. The zero-order valence-electron chi connectivity index (χ0n) is 12.0. The maximum absolute atomic E-state index is 12.0. The van der Waals surface area contributed by atoms with Crippen molar-refractivity contribution in [2.24, 2.45) is 0 Å². The minimum atomic E-state index is -0.161. The van der Waals surface area contributed by atoms with Gasteiger partial charge in [0.15, 0.2) is 5.76 Å². The highest BCUT2D eigenvalue weighted by Gasteiger charge is 2.28. The predicted octanol–water partition coefficient (Wildman–Crippen LogP) is -0.269.